The van der Waals surface area contributed by atoms with Gasteiger partial charge in [0.1, 0.15) is 0 Å². The van der Waals surface area contributed by atoms with E-state index in [0.717, 1.165) is 24.1 Å². The van der Waals surface area contributed by atoms with Crippen LogP contribution in [0.3, 0.4) is 0 Å². The fourth-order valence-corrected chi connectivity index (χ4v) is 3.14. The lowest BCUT2D eigenvalue weighted by atomic mass is 10.1. The summed E-state index contributed by atoms with van der Waals surface area (Å²) in [7, 11) is 0. The van der Waals surface area contributed by atoms with Gasteiger partial charge in [-0.05, 0) is 31.7 Å². The number of carbonyl (C=O) groups is 2. The third kappa shape index (κ3) is 8.51. The van der Waals surface area contributed by atoms with Gasteiger partial charge < -0.3 is 16.4 Å². The summed E-state index contributed by atoms with van der Waals surface area (Å²) in [5.41, 5.74) is 8.75. The molecule has 2 aromatic rings. The number of hydrogen-bond donors (Lipinski definition) is 3. The topological polar surface area (TPSA) is 97.1 Å². The van der Waals surface area contributed by atoms with Crippen molar-refractivity contribution in [1.82, 2.24) is 10.3 Å². The molecule has 6 nitrogen and oxygen atoms in total. The van der Waals surface area contributed by atoms with Crippen molar-refractivity contribution < 1.29 is 9.59 Å². The van der Waals surface area contributed by atoms with Gasteiger partial charge in [0.05, 0.1) is 5.69 Å². The molecule has 0 radical (unpaired) electrons. The Morgan fingerprint density at radius 2 is 1.96 bits per heavy atom. The average Bonchev–Trinajstić information content (AvgIpc) is 3.05. The van der Waals surface area contributed by atoms with Crippen molar-refractivity contribution >= 4 is 40.7 Å². The molecule has 0 saturated heterocycles. The van der Waals surface area contributed by atoms with Gasteiger partial charge in [-0.2, -0.15) is 0 Å². The molecule has 1 heterocycles. The lowest BCUT2D eigenvalue weighted by Crippen LogP contribution is -2.21. The number of carbonyl (C=O) groups excluding carboxylic acids is 2. The highest BCUT2D eigenvalue weighted by molar-refractivity contribution is 7.14. The first-order valence-electron chi connectivity index (χ1n) is 8.78. The molecule has 0 aliphatic rings. The summed E-state index contributed by atoms with van der Waals surface area (Å²) in [6.45, 7) is 4.10. The van der Waals surface area contributed by atoms with E-state index < -0.39 is 0 Å². The van der Waals surface area contributed by atoms with Crippen LogP contribution in [0.1, 0.15) is 38.7 Å². The number of aryl methyl sites for hydroxylation is 1. The Bertz CT molecular complexity index is 732. The number of nitrogens with two attached hydrogens (primary N) is 1. The predicted octanol–water partition coefficient (Wildman–Crippen LogP) is 3.37. The van der Waals surface area contributed by atoms with Gasteiger partial charge in [0.15, 0.2) is 5.13 Å². The molecule has 148 valence electrons. The average molecular weight is 411 g/mol. The van der Waals surface area contributed by atoms with E-state index in [1.807, 2.05) is 24.4 Å². The van der Waals surface area contributed by atoms with E-state index in [1.54, 1.807) is 0 Å². The van der Waals surface area contributed by atoms with Crippen LogP contribution >= 0.6 is 23.7 Å². The maximum atomic E-state index is 11.8. The van der Waals surface area contributed by atoms with E-state index in [1.165, 1.54) is 23.8 Å². The molecule has 0 saturated carbocycles. The standard InChI is InChI=1S/C19H26N4O2S.ClH/c1-13(20)5-10-18(25)23-19-22-17(12-26-19)16-8-6-15(7-9-16)4-3-11-21-14(2)24;/h6-9,12-13H,3-5,10-11,20H2,1-2H3,(H,21,24)(H,22,23,25);1H. The number of nitrogens with one attached hydrogen (secondary N) is 2. The molecule has 27 heavy (non-hydrogen) atoms. The zero-order valence-corrected chi connectivity index (χ0v) is 17.3. The second-order valence-electron chi connectivity index (χ2n) is 6.39. The minimum absolute atomic E-state index is 0. The van der Waals surface area contributed by atoms with Crippen LogP contribution in [0.25, 0.3) is 11.3 Å². The number of anilines is 1. The smallest absolute Gasteiger partial charge is 0.226 e. The summed E-state index contributed by atoms with van der Waals surface area (Å²) in [5.74, 6) is -0.0537. The number of nitrogens with zero attached hydrogens (tertiary/aromatic N) is 1. The fraction of sp³-hybridized carbons (Fsp3) is 0.421. The minimum atomic E-state index is -0.0577. The van der Waals surface area contributed by atoms with Gasteiger partial charge in [0.25, 0.3) is 0 Å². The number of benzene rings is 1. The van der Waals surface area contributed by atoms with E-state index >= 15 is 0 Å². The van der Waals surface area contributed by atoms with E-state index in [0.29, 0.717) is 24.5 Å². The Morgan fingerprint density at radius 1 is 1.26 bits per heavy atom. The number of amides is 2. The largest absolute Gasteiger partial charge is 0.356 e. The molecule has 1 atom stereocenters. The molecule has 0 aliphatic heterocycles. The second kappa shape index (κ2) is 11.7. The van der Waals surface area contributed by atoms with Crippen LogP contribution < -0.4 is 16.4 Å². The Hall–Kier alpha value is -1.96. The summed E-state index contributed by atoms with van der Waals surface area (Å²) < 4.78 is 0. The number of hydrogen-bond acceptors (Lipinski definition) is 5. The van der Waals surface area contributed by atoms with Gasteiger partial charge in [-0.1, -0.05) is 24.3 Å². The van der Waals surface area contributed by atoms with Crippen molar-refractivity contribution in [2.45, 2.75) is 45.6 Å². The molecular weight excluding hydrogens is 384 g/mol. The zero-order valence-electron chi connectivity index (χ0n) is 15.7. The van der Waals surface area contributed by atoms with Crippen LogP contribution in [0.2, 0.25) is 0 Å². The maximum Gasteiger partial charge on any atom is 0.226 e. The number of aromatic nitrogens is 1. The highest BCUT2D eigenvalue weighted by Crippen LogP contribution is 2.25. The van der Waals surface area contributed by atoms with Gasteiger partial charge >= 0.3 is 0 Å². The van der Waals surface area contributed by atoms with Crippen molar-refractivity contribution in [2.24, 2.45) is 5.73 Å². The number of halogens is 1. The summed E-state index contributed by atoms with van der Waals surface area (Å²) in [4.78, 5) is 27.2. The molecule has 8 heteroatoms. The van der Waals surface area contributed by atoms with Crippen molar-refractivity contribution in [2.75, 3.05) is 11.9 Å². The summed E-state index contributed by atoms with van der Waals surface area (Å²) >= 11 is 1.42. The zero-order chi connectivity index (χ0) is 18.9. The van der Waals surface area contributed by atoms with Crippen molar-refractivity contribution in [1.29, 1.82) is 0 Å². The molecular formula is C19H27ClN4O2S. The van der Waals surface area contributed by atoms with E-state index in [-0.39, 0.29) is 30.3 Å². The number of rotatable bonds is 9. The molecule has 0 aliphatic carbocycles. The summed E-state index contributed by atoms with van der Waals surface area (Å²) in [5, 5.41) is 8.16. The lowest BCUT2D eigenvalue weighted by molar-refractivity contribution is -0.119. The highest BCUT2D eigenvalue weighted by atomic mass is 35.5. The summed E-state index contributed by atoms with van der Waals surface area (Å²) in [6, 6.07) is 8.23. The first-order valence-corrected chi connectivity index (χ1v) is 9.66. The van der Waals surface area contributed by atoms with Gasteiger partial charge in [-0.15, -0.1) is 23.7 Å². The van der Waals surface area contributed by atoms with Gasteiger partial charge in [0.2, 0.25) is 11.8 Å². The first-order chi connectivity index (χ1) is 12.4. The molecule has 0 spiro atoms. The first kappa shape index (κ1) is 23.1. The highest BCUT2D eigenvalue weighted by Gasteiger charge is 2.09. The van der Waals surface area contributed by atoms with Crippen molar-refractivity contribution in [3.8, 4) is 11.3 Å². The van der Waals surface area contributed by atoms with Gasteiger partial charge in [-0.25, -0.2) is 4.98 Å². The van der Waals surface area contributed by atoms with Crippen LogP contribution in [0.5, 0.6) is 0 Å². The molecule has 0 bridgehead atoms. The predicted molar refractivity (Wildman–Crippen MR) is 113 cm³/mol. The Morgan fingerprint density at radius 3 is 2.59 bits per heavy atom. The molecule has 2 amide bonds. The monoisotopic (exact) mass is 410 g/mol. The maximum absolute atomic E-state index is 11.8. The van der Waals surface area contributed by atoms with Crippen molar-refractivity contribution in [3.63, 3.8) is 0 Å². The Labute approximate surface area is 170 Å². The normalized spacial score (nSPS) is 11.4. The van der Waals surface area contributed by atoms with E-state index in [2.05, 4.69) is 27.8 Å². The van der Waals surface area contributed by atoms with Gasteiger partial charge in [-0.3, -0.25) is 9.59 Å². The van der Waals surface area contributed by atoms with Crippen LogP contribution in [0.4, 0.5) is 5.13 Å². The molecule has 1 aromatic carbocycles. The third-order valence-corrected chi connectivity index (χ3v) is 4.60. The third-order valence-electron chi connectivity index (χ3n) is 3.84. The molecule has 1 aromatic heterocycles. The molecule has 1 unspecified atom stereocenters. The lowest BCUT2D eigenvalue weighted by Gasteiger charge is -2.05. The van der Waals surface area contributed by atoms with E-state index in [4.69, 9.17) is 5.73 Å². The molecule has 4 N–H and O–H groups in total. The Kier molecular flexibility index (Phi) is 9.99. The van der Waals surface area contributed by atoms with Crippen LogP contribution in [0, 0.1) is 0 Å². The minimum Gasteiger partial charge on any atom is -0.356 e. The number of thiazole rings is 1. The van der Waals surface area contributed by atoms with Gasteiger partial charge in [0, 0.05) is 36.9 Å². The quantitative estimate of drug-likeness (QED) is 0.552. The second-order valence-corrected chi connectivity index (χ2v) is 7.24. The van der Waals surface area contributed by atoms with Crippen molar-refractivity contribution in [3.05, 3.63) is 35.2 Å². The fourth-order valence-electron chi connectivity index (χ4n) is 2.40. The molecule has 2 rings (SSSR count). The molecule has 0 fully saturated rings. The van der Waals surface area contributed by atoms with Crippen LogP contribution in [-0.2, 0) is 16.0 Å². The van der Waals surface area contributed by atoms with E-state index in [9.17, 15) is 9.59 Å². The van der Waals surface area contributed by atoms with Crippen LogP contribution in [0.15, 0.2) is 29.6 Å². The summed E-state index contributed by atoms with van der Waals surface area (Å²) in [6.07, 6.45) is 2.89. The van der Waals surface area contributed by atoms with Crippen LogP contribution in [-0.4, -0.2) is 29.4 Å². The Balaban J connectivity index is 0.00000364. The SMILES string of the molecule is CC(=O)NCCCc1ccc(-c2csc(NC(=O)CCC(C)N)n2)cc1.Cl.